The third kappa shape index (κ3) is 1.72. The second kappa shape index (κ2) is 3.76. The fraction of sp³-hybridized carbons (Fsp3) is 0.400. The van der Waals surface area contributed by atoms with Gasteiger partial charge in [0.1, 0.15) is 0 Å². The van der Waals surface area contributed by atoms with E-state index in [4.69, 9.17) is 0 Å². The van der Waals surface area contributed by atoms with Gasteiger partial charge >= 0.3 is 6.03 Å². The largest absolute Gasteiger partial charge is 0.619 e. The lowest BCUT2D eigenvalue weighted by atomic mass is 10.4. The molecule has 1 saturated heterocycles. The molecule has 0 saturated carbocycles. The lowest BCUT2D eigenvalue weighted by Crippen LogP contribution is -2.32. The molecule has 2 amide bonds. The third-order valence-corrected chi connectivity index (χ3v) is 2.57. The van der Waals surface area contributed by atoms with E-state index in [0.717, 1.165) is 18.8 Å². The van der Waals surface area contributed by atoms with Crippen LogP contribution in [0.1, 0.15) is 6.92 Å². The summed E-state index contributed by atoms with van der Waals surface area (Å²) in [6, 6.07) is 3.33. The topological polar surface area (TPSA) is 50.5 Å². The summed E-state index contributed by atoms with van der Waals surface area (Å²) in [5.74, 6) is 0. The van der Waals surface area contributed by atoms with Gasteiger partial charge in [-0.15, -0.1) is 0 Å². The molecule has 0 atom stereocenters. The van der Waals surface area contributed by atoms with Gasteiger partial charge in [-0.2, -0.15) is 4.73 Å². The fourth-order valence-corrected chi connectivity index (χ4v) is 1.70. The lowest BCUT2D eigenvalue weighted by Gasteiger charge is -2.16. The number of carbonyl (C=O) groups excluding carboxylic acids is 1. The van der Waals surface area contributed by atoms with E-state index in [1.165, 1.54) is 12.4 Å². The monoisotopic (exact) mass is 207 g/mol. The smallest absolute Gasteiger partial charge is 0.324 e. The van der Waals surface area contributed by atoms with Crippen LogP contribution >= 0.6 is 0 Å². The van der Waals surface area contributed by atoms with Gasteiger partial charge in [-0.1, -0.05) is 0 Å². The molecule has 1 aliphatic heterocycles. The number of urea groups is 1. The van der Waals surface area contributed by atoms with Gasteiger partial charge in [-0.3, -0.25) is 4.90 Å². The first-order valence-corrected chi connectivity index (χ1v) is 4.97. The molecule has 1 fully saturated rings. The van der Waals surface area contributed by atoms with Crippen molar-refractivity contribution in [3.8, 4) is 0 Å². The van der Waals surface area contributed by atoms with E-state index in [0.29, 0.717) is 11.3 Å². The first-order valence-electron chi connectivity index (χ1n) is 4.97. The number of anilines is 1. The van der Waals surface area contributed by atoms with E-state index in [-0.39, 0.29) is 6.03 Å². The summed E-state index contributed by atoms with van der Waals surface area (Å²) in [6.07, 6.45) is 2.80. The van der Waals surface area contributed by atoms with E-state index >= 15 is 0 Å². The minimum Gasteiger partial charge on any atom is -0.619 e. The molecule has 15 heavy (non-hydrogen) atoms. The maximum absolute atomic E-state index is 11.8. The SMILES string of the molecule is CCN1CCN(c2cc[n+]([O-])cc2)C1=O. The second-order valence-corrected chi connectivity index (χ2v) is 3.43. The molecular formula is C10H13N3O2. The summed E-state index contributed by atoms with van der Waals surface area (Å²) < 4.78 is 0.710. The van der Waals surface area contributed by atoms with Gasteiger partial charge in [0.15, 0.2) is 12.4 Å². The first kappa shape index (κ1) is 9.76. The average Bonchev–Trinajstić information content (AvgIpc) is 2.61. The molecular weight excluding hydrogens is 194 g/mol. The van der Waals surface area contributed by atoms with Crippen molar-refractivity contribution in [1.82, 2.24) is 4.90 Å². The van der Waals surface area contributed by atoms with Gasteiger partial charge in [-0.05, 0) is 6.92 Å². The third-order valence-electron chi connectivity index (χ3n) is 2.57. The highest BCUT2D eigenvalue weighted by Gasteiger charge is 2.28. The number of rotatable bonds is 2. The molecule has 2 rings (SSSR count). The van der Waals surface area contributed by atoms with Crippen LogP contribution in [0.2, 0.25) is 0 Å². The van der Waals surface area contributed by atoms with Gasteiger partial charge in [0, 0.05) is 31.8 Å². The average molecular weight is 207 g/mol. The van der Waals surface area contributed by atoms with Crippen molar-refractivity contribution in [2.45, 2.75) is 6.92 Å². The van der Waals surface area contributed by atoms with Gasteiger partial charge in [-0.25, -0.2) is 4.79 Å². The number of hydrogen-bond donors (Lipinski definition) is 0. The fourth-order valence-electron chi connectivity index (χ4n) is 1.70. The molecule has 5 nitrogen and oxygen atoms in total. The lowest BCUT2D eigenvalue weighted by molar-refractivity contribution is -0.605. The molecule has 0 N–H and O–H groups in total. The molecule has 0 aromatic carbocycles. The highest BCUT2D eigenvalue weighted by Crippen LogP contribution is 2.18. The first-order chi connectivity index (χ1) is 7.22. The predicted octanol–water partition coefficient (Wildman–Crippen LogP) is 0.582. The highest BCUT2D eigenvalue weighted by atomic mass is 16.5. The van der Waals surface area contributed by atoms with E-state index in [2.05, 4.69) is 0 Å². The summed E-state index contributed by atoms with van der Waals surface area (Å²) in [7, 11) is 0. The van der Waals surface area contributed by atoms with Crippen LogP contribution < -0.4 is 9.63 Å². The summed E-state index contributed by atoms with van der Waals surface area (Å²) in [5, 5.41) is 10.8. The minimum absolute atomic E-state index is 0.0150. The van der Waals surface area contributed by atoms with Crippen molar-refractivity contribution in [1.29, 1.82) is 0 Å². The Balaban J connectivity index is 2.19. The molecule has 1 aliphatic rings. The van der Waals surface area contributed by atoms with Crippen molar-refractivity contribution >= 4 is 11.7 Å². The summed E-state index contributed by atoms with van der Waals surface area (Å²) in [6.45, 7) is 4.12. The van der Waals surface area contributed by atoms with Crippen LogP contribution in [0.15, 0.2) is 24.5 Å². The van der Waals surface area contributed by atoms with Crippen molar-refractivity contribution in [3.05, 3.63) is 29.7 Å². The summed E-state index contributed by atoms with van der Waals surface area (Å²) in [4.78, 5) is 15.2. The Bertz CT molecular complexity index is 363. The highest BCUT2D eigenvalue weighted by molar-refractivity contribution is 5.93. The summed E-state index contributed by atoms with van der Waals surface area (Å²) in [5.41, 5.74) is 0.781. The van der Waals surface area contributed by atoms with Crippen LogP contribution in [-0.4, -0.2) is 30.6 Å². The van der Waals surface area contributed by atoms with Crippen molar-refractivity contribution in [3.63, 3.8) is 0 Å². The Hall–Kier alpha value is -1.78. The molecule has 1 aromatic rings. The number of pyridine rings is 1. The minimum atomic E-state index is 0.0150. The van der Waals surface area contributed by atoms with Gasteiger partial charge in [0.05, 0.1) is 5.69 Å². The van der Waals surface area contributed by atoms with Crippen LogP contribution in [0.3, 0.4) is 0 Å². The summed E-state index contributed by atoms with van der Waals surface area (Å²) >= 11 is 0. The van der Waals surface area contributed by atoms with Crippen LogP contribution in [0.4, 0.5) is 10.5 Å². The quantitative estimate of drug-likeness (QED) is 0.526. The zero-order chi connectivity index (χ0) is 10.8. The molecule has 0 aliphatic carbocycles. The van der Waals surface area contributed by atoms with E-state index in [1.807, 2.05) is 6.92 Å². The van der Waals surface area contributed by atoms with Crippen molar-refractivity contribution < 1.29 is 9.52 Å². The molecule has 0 bridgehead atoms. The maximum atomic E-state index is 11.8. The van der Waals surface area contributed by atoms with E-state index in [1.54, 1.807) is 21.9 Å². The van der Waals surface area contributed by atoms with Gasteiger partial charge < -0.3 is 10.1 Å². The molecule has 0 spiro atoms. The van der Waals surface area contributed by atoms with Crippen LogP contribution in [-0.2, 0) is 0 Å². The number of amides is 2. The number of hydrogen-bond acceptors (Lipinski definition) is 2. The second-order valence-electron chi connectivity index (χ2n) is 3.43. The Labute approximate surface area is 88.1 Å². The Morgan fingerprint density at radius 2 is 2.07 bits per heavy atom. The zero-order valence-electron chi connectivity index (χ0n) is 8.59. The van der Waals surface area contributed by atoms with Crippen molar-refractivity contribution in [2.75, 3.05) is 24.5 Å². The van der Waals surface area contributed by atoms with Crippen molar-refractivity contribution in [2.24, 2.45) is 0 Å². The van der Waals surface area contributed by atoms with E-state index < -0.39 is 0 Å². The Morgan fingerprint density at radius 3 is 2.60 bits per heavy atom. The Kier molecular flexibility index (Phi) is 2.45. The number of carbonyl (C=O) groups is 1. The normalized spacial score (nSPS) is 16.2. The van der Waals surface area contributed by atoms with Crippen LogP contribution in [0, 0.1) is 5.21 Å². The number of aromatic nitrogens is 1. The maximum Gasteiger partial charge on any atom is 0.324 e. The molecule has 2 heterocycles. The van der Waals surface area contributed by atoms with Gasteiger partial charge in [0.2, 0.25) is 0 Å². The molecule has 1 aromatic heterocycles. The molecule has 0 radical (unpaired) electrons. The van der Waals surface area contributed by atoms with Gasteiger partial charge in [0.25, 0.3) is 0 Å². The predicted molar refractivity (Wildman–Crippen MR) is 55.4 cm³/mol. The zero-order valence-corrected chi connectivity index (χ0v) is 8.59. The van der Waals surface area contributed by atoms with E-state index in [9.17, 15) is 10.0 Å². The Morgan fingerprint density at radius 1 is 1.40 bits per heavy atom. The molecule has 5 heteroatoms. The number of likely N-dealkylation sites (N-methyl/N-ethyl adjacent to an activating group) is 1. The molecule has 80 valence electrons. The van der Waals surface area contributed by atoms with Crippen LogP contribution in [0.5, 0.6) is 0 Å². The number of nitrogens with zero attached hydrogens (tertiary/aromatic N) is 3. The molecule has 0 unspecified atom stereocenters. The van der Waals surface area contributed by atoms with Crippen LogP contribution in [0.25, 0.3) is 0 Å². The standard InChI is InChI=1S/C10H13N3O2/c1-2-11-7-8-13(10(11)14)9-3-5-12(15)6-4-9/h3-6H,2,7-8H2,1H3.